The van der Waals surface area contributed by atoms with Gasteiger partial charge in [-0.25, -0.2) is 16.8 Å². The second-order valence-electron chi connectivity index (χ2n) is 7.50. The molecule has 0 aliphatic carbocycles. The van der Waals surface area contributed by atoms with Crippen LogP contribution in [-0.4, -0.2) is 30.8 Å². The Bertz CT molecular complexity index is 1440. The minimum atomic E-state index is -4.92. The summed E-state index contributed by atoms with van der Waals surface area (Å²) in [6.07, 6.45) is -0.639. The predicted octanol–water partition coefficient (Wildman–Crippen LogP) is 5.04. The van der Waals surface area contributed by atoms with Gasteiger partial charge < -0.3 is 10.1 Å². The molecule has 0 aliphatic rings. The minimum absolute atomic E-state index is 0. The quantitative estimate of drug-likeness (QED) is 0.339. The third kappa shape index (κ3) is 5.75. The summed E-state index contributed by atoms with van der Waals surface area (Å²) in [5.74, 6) is -1.52. The first-order valence-electron chi connectivity index (χ1n) is 10.1. The first-order chi connectivity index (χ1) is 16.1. The maximum atomic E-state index is 14.5. The molecule has 186 valence electrons. The van der Waals surface area contributed by atoms with Crippen molar-refractivity contribution in [3.63, 3.8) is 0 Å². The normalized spacial score (nSPS) is 11.9. The second-order valence-corrected chi connectivity index (χ2v) is 9.32. The Kier molecular flexibility index (Phi) is 7.73. The lowest BCUT2D eigenvalue weighted by Crippen LogP contribution is -2.17. The van der Waals surface area contributed by atoms with E-state index < -0.39 is 28.0 Å². The van der Waals surface area contributed by atoms with Crippen LogP contribution in [0.4, 0.5) is 17.6 Å². The molecule has 0 radical (unpaired) electrons. The molecular weight excluding hydrogens is 510 g/mol. The largest absolute Gasteiger partial charge is 0.573 e. The third-order valence-corrected chi connectivity index (χ3v) is 6.79. The Labute approximate surface area is 205 Å². The van der Waals surface area contributed by atoms with E-state index in [1.54, 1.807) is 25.2 Å². The molecule has 12 heteroatoms. The highest BCUT2D eigenvalue weighted by Crippen LogP contribution is 2.29. The number of fused-ring (bicyclic) bond motifs is 1. The Morgan fingerprint density at radius 3 is 2.49 bits per heavy atom. The zero-order valence-corrected chi connectivity index (χ0v) is 19.8. The van der Waals surface area contributed by atoms with E-state index in [0.717, 1.165) is 15.6 Å². The standard InChI is InChI=1S/C23H19F4N3O3S.ClH/c1-28-12-17-14-30(34(31,32)19-3-2-8-29-13-19)22-10-15(4-7-20(17)22)9-16-5-6-18(11-21(16)24)33-23(25,26)27;/h2-8,10-11,13-14,28H,9,12H2,1H3;1H. The zero-order valence-electron chi connectivity index (χ0n) is 18.2. The van der Waals surface area contributed by atoms with E-state index in [9.17, 15) is 26.0 Å². The number of nitrogens with one attached hydrogen (secondary N) is 1. The van der Waals surface area contributed by atoms with E-state index >= 15 is 0 Å². The van der Waals surface area contributed by atoms with Crippen LogP contribution in [-0.2, 0) is 23.0 Å². The van der Waals surface area contributed by atoms with Crippen LogP contribution in [0.15, 0.2) is 72.0 Å². The molecule has 1 N–H and O–H groups in total. The number of ether oxygens (including phenoxy) is 1. The summed E-state index contributed by atoms with van der Waals surface area (Å²) in [6.45, 7) is 0.417. The lowest BCUT2D eigenvalue weighted by molar-refractivity contribution is -0.274. The Morgan fingerprint density at radius 1 is 1.09 bits per heavy atom. The Morgan fingerprint density at radius 2 is 1.86 bits per heavy atom. The number of benzene rings is 2. The van der Waals surface area contributed by atoms with Gasteiger partial charge in [-0.05, 0) is 48.0 Å². The van der Waals surface area contributed by atoms with Gasteiger partial charge >= 0.3 is 6.36 Å². The molecule has 0 atom stereocenters. The van der Waals surface area contributed by atoms with Crippen LogP contribution >= 0.6 is 12.4 Å². The molecule has 0 aliphatic heterocycles. The van der Waals surface area contributed by atoms with Crippen LogP contribution in [0.25, 0.3) is 10.9 Å². The van der Waals surface area contributed by atoms with Gasteiger partial charge in [-0.1, -0.05) is 18.2 Å². The van der Waals surface area contributed by atoms with Crippen molar-refractivity contribution in [2.75, 3.05) is 7.05 Å². The first kappa shape index (κ1) is 26.5. The Hall–Kier alpha value is -3.15. The van der Waals surface area contributed by atoms with Crippen molar-refractivity contribution in [3.05, 3.63) is 89.6 Å². The van der Waals surface area contributed by atoms with Gasteiger partial charge in [-0.3, -0.25) is 4.98 Å². The van der Waals surface area contributed by atoms with Crippen molar-refractivity contribution >= 4 is 33.3 Å². The summed E-state index contributed by atoms with van der Waals surface area (Å²) in [6, 6.07) is 11.0. The van der Waals surface area contributed by atoms with Gasteiger partial charge in [0.25, 0.3) is 10.0 Å². The van der Waals surface area contributed by atoms with Gasteiger partial charge in [-0.2, -0.15) is 0 Å². The van der Waals surface area contributed by atoms with Crippen molar-refractivity contribution < 1.29 is 30.7 Å². The van der Waals surface area contributed by atoms with Crippen LogP contribution in [0.1, 0.15) is 16.7 Å². The minimum Gasteiger partial charge on any atom is -0.406 e. The lowest BCUT2D eigenvalue weighted by atomic mass is 10.0. The molecule has 0 unspecified atom stereocenters. The van der Waals surface area contributed by atoms with Crippen LogP contribution in [0.2, 0.25) is 0 Å². The van der Waals surface area contributed by atoms with Gasteiger partial charge in [0, 0.05) is 43.0 Å². The molecule has 4 aromatic rings. The summed E-state index contributed by atoms with van der Waals surface area (Å²) in [5, 5.41) is 3.70. The zero-order chi connectivity index (χ0) is 24.5. The monoisotopic (exact) mass is 529 g/mol. The van der Waals surface area contributed by atoms with E-state index in [4.69, 9.17) is 0 Å². The molecule has 2 aromatic carbocycles. The van der Waals surface area contributed by atoms with Crippen LogP contribution in [0.3, 0.4) is 0 Å². The van der Waals surface area contributed by atoms with Gasteiger partial charge in [0.1, 0.15) is 16.5 Å². The van der Waals surface area contributed by atoms with Gasteiger partial charge in [0.05, 0.1) is 5.52 Å². The molecule has 0 saturated heterocycles. The summed E-state index contributed by atoms with van der Waals surface area (Å²) in [7, 11) is -2.22. The number of pyridine rings is 1. The number of hydrogen-bond acceptors (Lipinski definition) is 5. The number of aromatic nitrogens is 2. The van der Waals surface area contributed by atoms with E-state index in [1.165, 1.54) is 36.8 Å². The molecular formula is C23H20ClF4N3O3S. The fourth-order valence-corrected chi connectivity index (χ4v) is 5.00. The molecule has 0 bridgehead atoms. The van der Waals surface area contributed by atoms with Crippen molar-refractivity contribution in [2.45, 2.75) is 24.2 Å². The third-order valence-electron chi connectivity index (χ3n) is 5.13. The topological polar surface area (TPSA) is 73.2 Å². The smallest absolute Gasteiger partial charge is 0.406 e. The summed E-state index contributed by atoms with van der Waals surface area (Å²) in [5.41, 5.74) is 1.85. The predicted molar refractivity (Wildman–Crippen MR) is 125 cm³/mol. The van der Waals surface area contributed by atoms with Gasteiger partial charge in [-0.15, -0.1) is 25.6 Å². The van der Waals surface area contributed by atoms with E-state index in [0.29, 0.717) is 29.1 Å². The van der Waals surface area contributed by atoms with Crippen molar-refractivity contribution in [3.8, 4) is 5.75 Å². The molecule has 0 fully saturated rings. The fourth-order valence-electron chi connectivity index (χ4n) is 3.65. The second kappa shape index (κ2) is 10.2. The number of hydrogen-bond donors (Lipinski definition) is 1. The molecule has 0 saturated carbocycles. The molecule has 0 amide bonds. The average molecular weight is 530 g/mol. The molecule has 2 aromatic heterocycles. The van der Waals surface area contributed by atoms with Crippen LogP contribution in [0, 0.1) is 5.82 Å². The highest BCUT2D eigenvalue weighted by Gasteiger charge is 2.31. The summed E-state index contributed by atoms with van der Waals surface area (Å²) in [4.78, 5) is 3.90. The average Bonchev–Trinajstić information content (AvgIpc) is 3.14. The summed E-state index contributed by atoms with van der Waals surface area (Å²) < 4.78 is 83.0. The molecule has 2 heterocycles. The van der Waals surface area contributed by atoms with Crippen LogP contribution in [0.5, 0.6) is 5.75 Å². The van der Waals surface area contributed by atoms with Crippen molar-refractivity contribution in [1.82, 2.24) is 14.3 Å². The van der Waals surface area contributed by atoms with E-state index in [1.807, 2.05) is 0 Å². The number of nitrogens with zero attached hydrogens (tertiary/aromatic N) is 2. The van der Waals surface area contributed by atoms with Crippen molar-refractivity contribution in [1.29, 1.82) is 0 Å². The molecule has 0 spiro atoms. The number of alkyl halides is 3. The molecule has 35 heavy (non-hydrogen) atoms. The Balaban J connectivity index is 0.00000342. The summed E-state index contributed by atoms with van der Waals surface area (Å²) >= 11 is 0. The van der Waals surface area contributed by atoms with E-state index in [-0.39, 0.29) is 29.3 Å². The highest BCUT2D eigenvalue weighted by atomic mass is 35.5. The lowest BCUT2D eigenvalue weighted by Gasteiger charge is -2.11. The first-order valence-corrected chi connectivity index (χ1v) is 11.5. The number of rotatable bonds is 7. The highest BCUT2D eigenvalue weighted by molar-refractivity contribution is 7.90. The van der Waals surface area contributed by atoms with Crippen molar-refractivity contribution in [2.24, 2.45) is 0 Å². The number of halogens is 5. The maximum absolute atomic E-state index is 14.5. The maximum Gasteiger partial charge on any atom is 0.573 e. The van der Waals surface area contributed by atoms with Gasteiger partial charge in [0.2, 0.25) is 0 Å². The molecule has 4 rings (SSSR count). The fraction of sp³-hybridized carbons (Fsp3) is 0.174. The molecule has 6 nitrogen and oxygen atoms in total. The van der Waals surface area contributed by atoms with Crippen LogP contribution < -0.4 is 10.1 Å². The van der Waals surface area contributed by atoms with E-state index in [2.05, 4.69) is 15.0 Å². The SMILES string of the molecule is CNCc1cn(S(=O)(=O)c2cccnc2)c2cc(Cc3ccc(OC(F)(F)F)cc3F)ccc12.Cl. The van der Waals surface area contributed by atoms with Gasteiger partial charge in [0.15, 0.2) is 0 Å².